The molecule has 1 unspecified atom stereocenters. The summed E-state index contributed by atoms with van der Waals surface area (Å²) >= 11 is 0. The van der Waals surface area contributed by atoms with E-state index in [9.17, 15) is 0 Å². The maximum atomic E-state index is 4.42. The van der Waals surface area contributed by atoms with E-state index in [1.165, 1.54) is 42.6 Å². The van der Waals surface area contributed by atoms with E-state index < -0.39 is 0 Å². The van der Waals surface area contributed by atoms with Crippen LogP contribution in [0.15, 0.2) is 72.9 Å². The Morgan fingerprint density at radius 1 is 0.760 bits per heavy atom. The lowest BCUT2D eigenvalue weighted by Crippen LogP contribution is -2.23. The molecule has 1 aromatic heterocycles. The number of hydrogen-bond acceptors (Lipinski definition) is 2. The Kier molecular flexibility index (Phi) is 4.62. The summed E-state index contributed by atoms with van der Waals surface area (Å²) in [4.78, 5) is 7.00. The van der Waals surface area contributed by atoms with Crippen LogP contribution >= 0.6 is 0 Å². The van der Waals surface area contributed by atoms with Gasteiger partial charge in [0.1, 0.15) is 0 Å². The first-order chi connectivity index (χ1) is 12.3. The first-order valence-electron chi connectivity index (χ1n) is 9.17. The molecule has 0 amide bonds. The predicted molar refractivity (Wildman–Crippen MR) is 104 cm³/mol. The molecule has 0 N–H and O–H groups in total. The molecule has 1 fully saturated rings. The van der Waals surface area contributed by atoms with Crippen molar-refractivity contribution in [3.63, 3.8) is 0 Å². The lowest BCUT2D eigenvalue weighted by Gasteiger charge is -2.24. The van der Waals surface area contributed by atoms with Crippen molar-refractivity contribution >= 4 is 0 Å². The highest BCUT2D eigenvalue weighted by Crippen LogP contribution is 2.28. The zero-order chi connectivity index (χ0) is 17.1. The van der Waals surface area contributed by atoms with Crippen LogP contribution in [0, 0.1) is 0 Å². The van der Waals surface area contributed by atoms with Crippen molar-refractivity contribution in [3.8, 4) is 22.4 Å². The van der Waals surface area contributed by atoms with E-state index in [4.69, 9.17) is 0 Å². The Labute approximate surface area is 150 Å². The third-order valence-corrected chi connectivity index (χ3v) is 5.26. The summed E-state index contributed by atoms with van der Waals surface area (Å²) in [7, 11) is 0. The first-order valence-corrected chi connectivity index (χ1v) is 9.17. The molecule has 2 heterocycles. The quantitative estimate of drug-likeness (QED) is 0.622. The molecule has 0 aliphatic carbocycles. The minimum Gasteiger partial charge on any atom is -0.297 e. The van der Waals surface area contributed by atoms with E-state index in [0.717, 1.165) is 11.3 Å². The van der Waals surface area contributed by atoms with E-state index in [1.54, 1.807) is 0 Å². The van der Waals surface area contributed by atoms with Gasteiger partial charge in [-0.3, -0.25) is 9.88 Å². The SMILES string of the molecule is CC(c1ccc(-c2ccc(-c3ccccn3)cc2)cc1)N1CCCC1. The Bertz CT molecular complexity index is 801. The standard InChI is InChI=1S/C23H24N2/c1-18(25-16-4-5-17-25)19-7-9-20(10-8-19)21-11-13-22(14-12-21)23-6-2-3-15-24-23/h2-3,6-15,18H,4-5,16-17H2,1H3. The number of nitrogens with zero attached hydrogens (tertiary/aromatic N) is 2. The maximum Gasteiger partial charge on any atom is 0.0701 e. The lowest BCUT2D eigenvalue weighted by atomic mass is 9.99. The van der Waals surface area contributed by atoms with Gasteiger partial charge in [0, 0.05) is 17.8 Å². The predicted octanol–water partition coefficient (Wildman–Crippen LogP) is 5.57. The Hall–Kier alpha value is -2.45. The summed E-state index contributed by atoms with van der Waals surface area (Å²) in [5, 5.41) is 0. The van der Waals surface area contributed by atoms with Crippen molar-refractivity contribution in [1.29, 1.82) is 0 Å². The second-order valence-electron chi connectivity index (χ2n) is 6.83. The number of hydrogen-bond donors (Lipinski definition) is 0. The van der Waals surface area contributed by atoms with Crippen LogP contribution in [0.4, 0.5) is 0 Å². The van der Waals surface area contributed by atoms with E-state index in [-0.39, 0.29) is 0 Å². The molecule has 4 rings (SSSR count). The molecular formula is C23H24N2. The summed E-state index contributed by atoms with van der Waals surface area (Å²) in [6, 6.07) is 24.3. The fourth-order valence-corrected chi connectivity index (χ4v) is 3.66. The number of aromatic nitrogens is 1. The van der Waals surface area contributed by atoms with Gasteiger partial charge in [-0.05, 0) is 61.7 Å². The van der Waals surface area contributed by atoms with Crippen molar-refractivity contribution in [2.75, 3.05) is 13.1 Å². The fourth-order valence-electron chi connectivity index (χ4n) is 3.66. The van der Waals surface area contributed by atoms with Crippen LogP contribution in [-0.2, 0) is 0 Å². The molecule has 0 spiro atoms. The topological polar surface area (TPSA) is 16.1 Å². The summed E-state index contributed by atoms with van der Waals surface area (Å²) in [6.07, 6.45) is 4.51. The van der Waals surface area contributed by atoms with Crippen molar-refractivity contribution in [3.05, 3.63) is 78.5 Å². The van der Waals surface area contributed by atoms with E-state index in [0.29, 0.717) is 6.04 Å². The number of pyridine rings is 1. The van der Waals surface area contributed by atoms with Crippen molar-refractivity contribution < 1.29 is 0 Å². The van der Waals surface area contributed by atoms with Crippen molar-refractivity contribution in [1.82, 2.24) is 9.88 Å². The van der Waals surface area contributed by atoms with E-state index in [1.807, 2.05) is 24.4 Å². The minimum absolute atomic E-state index is 0.517. The van der Waals surface area contributed by atoms with Crippen LogP contribution in [0.25, 0.3) is 22.4 Å². The van der Waals surface area contributed by atoms with Gasteiger partial charge < -0.3 is 0 Å². The zero-order valence-corrected chi connectivity index (χ0v) is 14.7. The highest BCUT2D eigenvalue weighted by molar-refractivity contribution is 5.68. The zero-order valence-electron chi connectivity index (χ0n) is 14.7. The summed E-state index contributed by atoms with van der Waals surface area (Å²) in [5.41, 5.74) is 6.10. The van der Waals surface area contributed by atoms with Gasteiger partial charge in [0.2, 0.25) is 0 Å². The first kappa shape index (κ1) is 16.0. The molecule has 126 valence electrons. The monoisotopic (exact) mass is 328 g/mol. The molecule has 2 heteroatoms. The second kappa shape index (κ2) is 7.20. The summed E-state index contributed by atoms with van der Waals surface area (Å²) in [6.45, 7) is 4.79. The number of likely N-dealkylation sites (tertiary alicyclic amines) is 1. The van der Waals surface area contributed by atoms with Crippen LogP contribution in [0.3, 0.4) is 0 Å². The van der Waals surface area contributed by atoms with Crippen LogP contribution < -0.4 is 0 Å². The molecule has 1 saturated heterocycles. The van der Waals surface area contributed by atoms with Crippen LogP contribution in [-0.4, -0.2) is 23.0 Å². The molecule has 1 aliphatic rings. The molecule has 0 bridgehead atoms. The Balaban J connectivity index is 1.52. The molecule has 1 aliphatic heterocycles. The molecule has 2 aromatic carbocycles. The molecule has 2 nitrogen and oxygen atoms in total. The van der Waals surface area contributed by atoms with Crippen LogP contribution in [0.5, 0.6) is 0 Å². The average Bonchev–Trinajstić information content (AvgIpc) is 3.23. The van der Waals surface area contributed by atoms with E-state index in [2.05, 4.69) is 65.3 Å². The van der Waals surface area contributed by atoms with Gasteiger partial charge in [-0.2, -0.15) is 0 Å². The number of rotatable bonds is 4. The molecule has 3 aromatic rings. The third-order valence-electron chi connectivity index (χ3n) is 5.26. The normalized spacial score (nSPS) is 16.0. The molecular weight excluding hydrogens is 304 g/mol. The molecule has 0 saturated carbocycles. The van der Waals surface area contributed by atoms with Gasteiger partial charge in [-0.15, -0.1) is 0 Å². The highest BCUT2D eigenvalue weighted by Gasteiger charge is 2.19. The van der Waals surface area contributed by atoms with Gasteiger partial charge in [0.25, 0.3) is 0 Å². The fraction of sp³-hybridized carbons (Fsp3) is 0.261. The van der Waals surface area contributed by atoms with Crippen molar-refractivity contribution in [2.24, 2.45) is 0 Å². The largest absolute Gasteiger partial charge is 0.297 e. The van der Waals surface area contributed by atoms with E-state index >= 15 is 0 Å². The summed E-state index contributed by atoms with van der Waals surface area (Å²) < 4.78 is 0. The van der Waals surface area contributed by atoms with Crippen LogP contribution in [0.2, 0.25) is 0 Å². The third kappa shape index (κ3) is 3.49. The molecule has 25 heavy (non-hydrogen) atoms. The minimum atomic E-state index is 0.517. The van der Waals surface area contributed by atoms with Gasteiger partial charge in [-0.1, -0.05) is 54.6 Å². The summed E-state index contributed by atoms with van der Waals surface area (Å²) in [5.74, 6) is 0. The second-order valence-corrected chi connectivity index (χ2v) is 6.83. The lowest BCUT2D eigenvalue weighted by molar-refractivity contribution is 0.263. The molecule has 1 atom stereocenters. The van der Waals surface area contributed by atoms with Gasteiger partial charge in [0.15, 0.2) is 0 Å². The average molecular weight is 328 g/mol. The maximum absolute atomic E-state index is 4.42. The van der Waals surface area contributed by atoms with Gasteiger partial charge >= 0.3 is 0 Å². The number of benzene rings is 2. The van der Waals surface area contributed by atoms with Crippen LogP contribution in [0.1, 0.15) is 31.4 Å². The smallest absolute Gasteiger partial charge is 0.0701 e. The van der Waals surface area contributed by atoms with Gasteiger partial charge in [-0.25, -0.2) is 0 Å². The Morgan fingerprint density at radius 2 is 1.36 bits per heavy atom. The Morgan fingerprint density at radius 3 is 1.96 bits per heavy atom. The van der Waals surface area contributed by atoms with Crippen molar-refractivity contribution in [2.45, 2.75) is 25.8 Å². The highest BCUT2D eigenvalue weighted by atomic mass is 15.2. The molecule has 0 radical (unpaired) electrons. The van der Waals surface area contributed by atoms with Gasteiger partial charge in [0.05, 0.1) is 5.69 Å².